The Morgan fingerprint density at radius 3 is 2.67 bits per heavy atom. The fraction of sp³-hybridized carbons (Fsp3) is 0.571. The van der Waals surface area contributed by atoms with Crippen molar-refractivity contribution >= 4 is 15.9 Å². The second-order valence-corrected chi connectivity index (χ2v) is 5.83. The number of hydrogen-bond acceptors (Lipinski definition) is 2. The summed E-state index contributed by atoms with van der Waals surface area (Å²) in [4.78, 5) is 2.32. The molecule has 0 atom stereocenters. The van der Waals surface area contributed by atoms with Crippen LogP contribution >= 0.6 is 15.9 Å². The topological polar surface area (TPSA) is 23.5 Å². The lowest BCUT2D eigenvalue weighted by Crippen LogP contribution is -2.43. The average molecular weight is 316 g/mol. The highest BCUT2D eigenvalue weighted by Gasteiger charge is 2.36. The maximum Gasteiger partial charge on any atom is 0.143 e. The summed E-state index contributed by atoms with van der Waals surface area (Å²) in [6, 6.07) is 5.13. The highest BCUT2D eigenvalue weighted by molar-refractivity contribution is 9.10. The van der Waals surface area contributed by atoms with Gasteiger partial charge >= 0.3 is 0 Å². The molecule has 18 heavy (non-hydrogen) atoms. The summed E-state index contributed by atoms with van der Waals surface area (Å²) in [5.41, 5.74) is -0.592. The van der Waals surface area contributed by atoms with E-state index >= 15 is 0 Å². The lowest BCUT2D eigenvalue weighted by molar-refractivity contribution is -0.0284. The number of benzene rings is 1. The van der Waals surface area contributed by atoms with Crippen molar-refractivity contribution in [2.24, 2.45) is 0 Å². The van der Waals surface area contributed by atoms with E-state index in [0.29, 0.717) is 22.9 Å². The SMILES string of the molecule is CCCN1CCC(O)(c2cccc(Br)c2F)CC1. The van der Waals surface area contributed by atoms with Gasteiger partial charge in [0.1, 0.15) is 5.82 Å². The third-order valence-corrected chi connectivity index (χ3v) is 4.29. The zero-order valence-electron chi connectivity index (χ0n) is 10.6. The van der Waals surface area contributed by atoms with Gasteiger partial charge < -0.3 is 10.0 Å². The standard InChI is InChI=1S/C14H19BrFNO/c1-2-8-17-9-6-14(18,7-10-17)11-4-3-5-12(15)13(11)16/h3-5,18H,2,6-10H2,1H3. The number of aliphatic hydroxyl groups is 1. The zero-order chi connectivity index (χ0) is 13.2. The van der Waals surface area contributed by atoms with Crippen LogP contribution in [0.25, 0.3) is 0 Å². The molecule has 2 rings (SSSR count). The smallest absolute Gasteiger partial charge is 0.143 e. The molecule has 0 amide bonds. The number of halogens is 2. The van der Waals surface area contributed by atoms with Crippen molar-refractivity contribution in [3.63, 3.8) is 0 Å². The Hall–Kier alpha value is -0.450. The molecular weight excluding hydrogens is 297 g/mol. The highest BCUT2D eigenvalue weighted by Crippen LogP contribution is 2.36. The monoisotopic (exact) mass is 315 g/mol. The molecule has 0 spiro atoms. The van der Waals surface area contributed by atoms with Crippen molar-refractivity contribution in [1.29, 1.82) is 0 Å². The molecule has 0 aromatic heterocycles. The summed E-state index contributed by atoms with van der Waals surface area (Å²) in [6.45, 7) is 4.86. The molecule has 100 valence electrons. The second kappa shape index (κ2) is 5.68. The van der Waals surface area contributed by atoms with E-state index in [-0.39, 0.29) is 5.82 Å². The summed E-state index contributed by atoms with van der Waals surface area (Å²) in [7, 11) is 0. The van der Waals surface area contributed by atoms with Crippen LogP contribution in [0.1, 0.15) is 31.7 Å². The van der Waals surface area contributed by atoms with Gasteiger partial charge in [0.05, 0.1) is 10.1 Å². The van der Waals surface area contributed by atoms with Crippen molar-refractivity contribution in [2.75, 3.05) is 19.6 Å². The van der Waals surface area contributed by atoms with Gasteiger partial charge in [-0.25, -0.2) is 4.39 Å². The number of likely N-dealkylation sites (tertiary alicyclic amines) is 1. The molecule has 1 N–H and O–H groups in total. The predicted molar refractivity (Wildman–Crippen MR) is 74.0 cm³/mol. The molecule has 1 heterocycles. The van der Waals surface area contributed by atoms with Crippen LogP contribution in [0.4, 0.5) is 4.39 Å². The number of nitrogens with zero attached hydrogens (tertiary/aromatic N) is 1. The third kappa shape index (κ3) is 2.76. The molecule has 1 fully saturated rings. The molecule has 0 aliphatic carbocycles. The number of hydrogen-bond donors (Lipinski definition) is 1. The van der Waals surface area contributed by atoms with Gasteiger partial charge in [-0.2, -0.15) is 0 Å². The molecule has 1 saturated heterocycles. The maximum absolute atomic E-state index is 14.1. The maximum atomic E-state index is 14.1. The summed E-state index contributed by atoms with van der Waals surface area (Å²) in [5.74, 6) is -0.330. The molecule has 0 saturated carbocycles. The first-order valence-corrected chi connectivity index (χ1v) is 7.25. The van der Waals surface area contributed by atoms with Crippen molar-refractivity contribution in [3.05, 3.63) is 34.1 Å². The summed E-state index contributed by atoms with van der Waals surface area (Å²) in [5, 5.41) is 10.6. The van der Waals surface area contributed by atoms with Crippen LogP contribution < -0.4 is 0 Å². The van der Waals surface area contributed by atoms with Gasteiger partial charge in [-0.3, -0.25) is 0 Å². The molecule has 0 unspecified atom stereocenters. The van der Waals surface area contributed by atoms with E-state index in [9.17, 15) is 9.50 Å². The van der Waals surface area contributed by atoms with E-state index in [0.717, 1.165) is 26.1 Å². The molecule has 1 aromatic carbocycles. The van der Waals surface area contributed by atoms with E-state index in [1.807, 2.05) is 0 Å². The van der Waals surface area contributed by atoms with Gasteiger partial charge in [0.15, 0.2) is 0 Å². The van der Waals surface area contributed by atoms with Crippen LogP contribution in [0.3, 0.4) is 0 Å². The van der Waals surface area contributed by atoms with Gasteiger partial charge in [-0.1, -0.05) is 19.1 Å². The van der Waals surface area contributed by atoms with E-state index in [1.54, 1.807) is 18.2 Å². The van der Waals surface area contributed by atoms with E-state index in [2.05, 4.69) is 27.8 Å². The van der Waals surface area contributed by atoms with Crippen LogP contribution in [0.2, 0.25) is 0 Å². The van der Waals surface area contributed by atoms with Gasteiger partial charge in [-0.05, 0) is 47.8 Å². The van der Waals surface area contributed by atoms with Crippen LogP contribution in [0.15, 0.2) is 22.7 Å². The Labute approximate surface area is 116 Å². The van der Waals surface area contributed by atoms with E-state index in [4.69, 9.17) is 0 Å². The Bertz CT molecular complexity index is 416. The molecular formula is C14H19BrFNO. The fourth-order valence-corrected chi connectivity index (χ4v) is 2.96. The lowest BCUT2D eigenvalue weighted by Gasteiger charge is -2.38. The Balaban J connectivity index is 2.16. The Morgan fingerprint density at radius 1 is 1.39 bits per heavy atom. The highest BCUT2D eigenvalue weighted by atomic mass is 79.9. The molecule has 2 nitrogen and oxygen atoms in total. The number of piperidine rings is 1. The first kappa shape index (κ1) is 14.0. The van der Waals surface area contributed by atoms with Gasteiger partial charge in [0, 0.05) is 18.7 Å². The minimum Gasteiger partial charge on any atom is -0.385 e. The predicted octanol–water partition coefficient (Wildman–Crippen LogP) is 3.28. The van der Waals surface area contributed by atoms with E-state index in [1.165, 1.54) is 0 Å². The fourth-order valence-electron chi connectivity index (χ4n) is 2.60. The average Bonchev–Trinajstić information content (AvgIpc) is 2.36. The Morgan fingerprint density at radius 2 is 2.06 bits per heavy atom. The van der Waals surface area contributed by atoms with Crippen molar-refractivity contribution in [2.45, 2.75) is 31.8 Å². The molecule has 1 aromatic rings. The summed E-state index contributed by atoms with van der Waals surface area (Å²) < 4.78 is 14.5. The molecule has 4 heteroatoms. The van der Waals surface area contributed by atoms with E-state index < -0.39 is 5.60 Å². The molecule has 1 aliphatic heterocycles. The normalized spacial score (nSPS) is 20.0. The zero-order valence-corrected chi connectivity index (χ0v) is 12.2. The first-order chi connectivity index (χ1) is 8.57. The second-order valence-electron chi connectivity index (χ2n) is 4.97. The van der Waals surface area contributed by atoms with Crippen LogP contribution in [0.5, 0.6) is 0 Å². The minimum atomic E-state index is -1.02. The first-order valence-electron chi connectivity index (χ1n) is 6.46. The third-order valence-electron chi connectivity index (χ3n) is 3.68. The number of rotatable bonds is 3. The van der Waals surface area contributed by atoms with Crippen molar-refractivity contribution in [3.8, 4) is 0 Å². The largest absolute Gasteiger partial charge is 0.385 e. The van der Waals surface area contributed by atoms with Crippen molar-refractivity contribution < 1.29 is 9.50 Å². The lowest BCUT2D eigenvalue weighted by atomic mass is 9.84. The van der Waals surface area contributed by atoms with Crippen LogP contribution in [-0.2, 0) is 5.60 Å². The van der Waals surface area contributed by atoms with Crippen LogP contribution in [0, 0.1) is 5.82 Å². The molecule has 0 bridgehead atoms. The quantitative estimate of drug-likeness (QED) is 0.925. The molecule has 0 radical (unpaired) electrons. The summed E-state index contributed by atoms with van der Waals surface area (Å²) >= 11 is 3.18. The van der Waals surface area contributed by atoms with Crippen LogP contribution in [-0.4, -0.2) is 29.6 Å². The Kier molecular flexibility index (Phi) is 4.41. The minimum absolute atomic E-state index is 0.330. The van der Waals surface area contributed by atoms with Crippen molar-refractivity contribution in [1.82, 2.24) is 4.90 Å². The van der Waals surface area contributed by atoms with Gasteiger partial charge in [0.2, 0.25) is 0 Å². The molecule has 1 aliphatic rings. The van der Waals surface area contributed by atoms with Gasteiger partial charge in [-0.15, -0.1) is 0 Å². The van der Waals surface area contributed by atoms with Gasteiger partial charge in [0.25, 0.3) is 0 Å². The summed E-state index contributed by atoms with van der Waals surface area (Å²) in [6.07, 6.45) is 2.31.